The molecule has 2 aliphatic rings. The Balaban J connectivity index is 2.21. The third kappa shape index (κ3) is 1.61. The maximum absolute atomic E-state index is 10.4. The molecule has 1 fully saturated rings. The Hall–Kier alpha value is -0.940. The molecular formula is C13H16BrNO3. The van der Waals surface area contributed by atoms with Gasteiger partial charge in [-0.2, -0.15) is 0 Å². The van der Waals surface area contributed by atoms with Crippen molar-refractivity contribution >= 4 is 15.9 Å². The fraction of sp³-hybridized carbons (Fsp3) is 0.538. The number of phenols is 1. The van der Waals surface area contributed by atoms with E-state index in [2.05, 4.69) is 15.9 Å². The van der Waals surface area contributed by atoms with Gasteiger partial charge in [0.25, 0.3) is 0 Å². The number of hydrogen-bond donors (Lipinski definition) is 2. The molecule has 1 aromatic carbocycles. The van der Waals surface area contributed by atoms with Gasteiger partial charge in [0.15, 0.2) is 11.5 Å². The molecule has 1 aliphatic carbocycles. The van der Waals surface area contributed by atoms with Gasteiger partial charge in [0.1, 0.15) is 5.75 Å². The average molecular weight is 314 g/mol. The number of phenolic OH excluding ortho intramolecular Hbond substituents is 1. The Labute approximate surface area is 114 Å². The second kappa shape index (κ2) is 4.31. The van der Waals surface area contributed by atoms with Crippen LogP contribution in [-0.4, -0.2) is 18.4 Å². The van der Waals surface area contributed by atoms with Crippen molar-refractivity contribution in [2.45, 2.75) is 31.1 Å². The predicted molar refractivity (Wildman–Crippen MR) is 71.1 cm³/mol. The van der Waals surface area contributed by atoms with Crippen molar-refractivity contribution in [2.24, 2.45) is 5.73 Å². The Morgan fingerprint density at radius 1 is 1.33 bits per heavy atom. The minimum Gasteiger partial charge on any atom is -0.506 e. The number of hydrogen-bond acceptors (Lipinski definition) is 4. The lowest BCUT2D eigenvalue weighted by Gasteiger charge is -2.29. The summed E-state index contributed by atoms with van der Waals surface area (Å²) in [5.74, 6) is 1.60. The van der Waals surface area contributed by atoms with Gasteiger partial charge in [-0.05, 0) is 28.8 Å². The van der Waals surface area contributed by atoms with Gasteiger partial charge in [0, 0.05) is 23.6 Å². The summed E-state index contributed by atoms with van der Waals surface area (Å²) >= 11 is 3.37. The third-order valence-corrected chi connectivity index (χ3v) is 4.68. The van der Waals surface area contributed by atoms with Crippen LogP contribution in [0.4, 0.5) is 0 Å². The quantitative estimate of drug-likeness (QED) is 0.881. The molecule has 0 spiro atoms. The van der Waals surface area contributed by atoms with Crippen LogP contribution < -0.4 is 15.2 Å². The zero-order valence-electron chi connectivity index (χ0n) is 10.0. The minimum atomic E-state index is -0.175. The highest BCUT2D eigenvalue weighted by molar-refractivity contribution is 9.10. The van der Waals surface area contributed by atoms with Crippen molar-refractivity contribution in [3.05, 3.63) is 16.1 Å². The fourth-order valence-corrected chi connectivity index (χ4v) is 3.51. The van der Waals surface area contributed by atoms with Gasteiger partial charge in [-0.1, -0.05) is 12.8 Å². The lowest BCUT2D eigenvalue weighted by atomic mass is 9.77. The summed E-state index contributed by atoms with van der Waals surface area (Å²) in [6.45, 7) is 0.728. The highest BCUT2D eigenvalue weighted by Crippen LogP contribution is 2.54. The van der Waals surface area contributed by atoms with E-state index in [-0.39, 0.29) is 18.0 Å². The second-order valence-electron chi connectivity index (χ2n) is 5.01. The third-order valence-electron chi connectivity index (χ3n) is 4.07. The molecule has 4 nitrogen and oxygen atoms in total. The van der Waals surface area contributed by atoms with E-state index in [9.17, 15) is 5.11 Å². The molecule has 0 aromatic heterocycles. The number of halogens is 1. The van der Waals surface area contributed by atoms with Crippen LogP contribution in [0.2, 0.25) is 0 Å². The van der Waals surface area contributed by atoms with E-state index >= 15 is 0 Å². The highest BCUT2D eigenvalue weighted by atomic mass is 79.9. The molecular weight excluding hydrogens is 298 g/mol. The molecule has 0 amide bonds. The van der Waals surface area contributed by atoms with Crippen molar-refractivity contribution in [1.29, 1.82) is 0 Å². The lowest BCUT2D eigenvalue weighted by Crippen LogP contribution is -2.32. The van der Waals surface area contributed by atoms with E-state index in [0.29, 0.717) is 22.5 Å². The first kappa shape index (κ1) is 12.1. The number of benzene rings is 1. The smallest absolute Gasteiger partial charge is 0.231 e. The first-order valence-electron chi connectivity index (χ1n) is 6.19. The highest BCUT2D eigenvalue weighted by Gasteiger charge is 2.41. The molecule has 0 bridgehead atoms. The molecule has 0 unspecified atom stereocenters. The summed E-state index contributed by atoms with van der Waals surface area (Å²) < 4.78 is 11.6. The average Bonchev–Trinajstić information content (AvgIpc) is 3.00. The standard InChI is InChI=1S/C13H16BrNO3/c14-8-5-9-12(18-7-17-9)10(11(8)16)13(6-15)3-1-2-4-13/h5,16H,1-4,6-7,15H2. The lowest BCUT2D eigenvalue weighted by molar-refractivity contribution is 0.171. The number of aromatic hydroxyl groups is 1. The maximum Gasteiger partial charge on any atom is 0.231 e. The van der Waals surface area contributed by atoms with Crippen LogP contribution in [0, 0.1) is 0 Å². The summed E-state index contributed by atoms with van der Waals surface area (Å²) in [4.78, 5) is 0. The van der Waals surface area contributed by atoms with Crippen LogP contribution in [0.15, 0.2) is 10.5 Å². The summed E-state index contributed by atoms with van der Waals surface area (Å²) in [6.07, 6.45) is 4.25. The zero-order chi connectivity index (χ0) is 12.8. The Morgan fingerprint density at radius 3 is 2.72 bits per heavy atom. The van der Waals surface area contributed by atoms with Crippen molar-refractivity contribution in [2.75, 3.05) is 13.3 Å². The molecule has 3 rings (SSSR count). The predicted octanol–water partition coefficient (Wildman–Crippen LogP) is 2.65. The molecule has 0 saturated heterocycles. The molecule has 18 heavy (non-hydrogen) atoms. The SMILES string of the molecule is NCC1(c2c(O)c(Br)cc3c2OCO3)CCCC1. The van der Waals surface area contributed by atoms with Gasteiger partial charge in [-0.25, -0.2) is 0 Å². The molecule has 3 N–H and O–H groups in total. The number of fused-ring (bicyclic) bond motifs is 1. The molecule has 0 radical (unpaired) electrons. The van der Waals surface area contributed by atoms with E-state index in [4.69, 9.17) is 15.2 Å². The first-order valence-corrected chi connectivity index (χ1v) is 6.99. The molecule has 1 aromatic rings. The van der Waals surface area contributed by atoms with Gasteiger partial charge >= 0.3 is 0 Å². The van der Waals surface area contributed by atoms with Gasteiger partial charge in [-0.15, -0.1) is 0 Å². The topological polar surface area (TPSA) is 64.7 Å². The minimum absolute atomic E-state index is 0.175. The number of rotatable bonds is 2. The van der Waals surface area contributed by atoms with Crippen LogP contribution in [0.1, 0.15) is 31.2 Å². The van der Waals surface area contributed by atoms with E-state index < -0.39 is 0 Å². The van der Waals surface area contributed by atoms with Crippen LogP contribution >= 0.6 is 15.9 Å². The summed E-state index contributed by atoms with van der Waals surface area (Å²) in [5.41, 5.74) is 6.64. The molecule has 1 aliphatic heterocycles. The van der Waals surface area contributed by atoms with Gasteiger partial charge in [0.2, 0.25) is 6.79 Å². The number of nitrogens with two attached hydrogens (primary N) is 1. The van der Waals surface area contributed by atoms with Crippen LogP contribution in [0.5, 0.6) is 17.2 Å². The van der Waals surface area contributed by atoms with E-state index in [1.54, 1.807) is 6.07 Å². The van der Waals surface area contributed by atoms with E-state index in [1.807, 2.05) is 0 Å². The molecule has 5 heteroatoms. The monoisotopic (exact) mass is 313 g/mol. The Kier molecular flexibility index (Phi) is 2.90. The van der Waals surface area contributed by atoms with Crippen molar-refractivity contribution in [3.63, 3.8) is 0 Å². The van der Waals surface area contributed by atoms with Crippen LogP contribution in [0.25, 0.3) is 0 Å². The molecule has 1 heterocycles. The van der Waals surface area contributed by atoms with Crippen molar-refractivity contribution in [3.8, 4) is 17.2 Å². The molecule has 0 atom stereocenters. The Morgan fingerprint density at radius 2 is 2.06 bits per heavy atom. The van der Waals surface area contributed by atoms with Gasteiger partial charge < -0.3 is 20.3 Å². The van der Waals surface area contributed by atoms with Crippen molar-refractivity contribution in [1.82, 2.24) is 0 Å². The zero-order valence-corrected chi connectivity index (χ0v) is 11.6. The van der Waals surface area contributed by atoms with Crippen LogP contribution in [-0.2, 0) is 5.41 Å². The normalized spacial score (nSPS) is 20.3. The van der Waals surface area contributed by atoms with Gasteiger partial charge in [-0.3, -0.25) is 0 Å². The summed E-state index contributed by atoms with van der Waals surface area (Å²) in [6, 6.07) is 1.75. The summed E-state index contributed by atoms with van der Waals surface area (Å²) in [5, 5.41) is 10.4. The maximum atomic E-state index is 10.4. The van der Waals surface area contributed by atoms with Gasteiger partial charge in [0.05, 0.1) is 4.47 Å². The largest absolute Gasteiger partial charge is 0.506 e. The Bertz CT molecular complexity index is 484. The van der Waals surface area contributed by atoms with E-state index in [1.165, 1.54) is 0 Å². The van der Waals surface area contributed by atoms with Crippen molar-refractivity contribution < 1.29 is 14.6 Å². The fourth-order valence-electron chi connectivity index (χ4n) is 3.10. The number of ether oxygens (including phenoxy) is 2. The molecule has 1 saturated carbocycles. The van der Waals surface area contributed by atoms with E-state index in [0.717, 1.165) is 31.2 Å². The second-order valence-corrected chi connectivity index (χ2v) is 5.86. The summed E-state index contributed by atoms with van der Waals surface area (Å²) in [7, 11) is 0. The first-order chi connectivity index (χ1) is 8.68. The van der Waals surface area contributed by atoms with Crippen LogP contribution in [0.3, 0.4) is 0 Å². The molecule has 98 valence electrons.